The van der Waals surface area contributed by atoms with E-state index >= 15 is 0 Å². The SMILES string of the molecule is CN(C)C(=O)C1(C)CCCN1Cc1cnc(N(C)C)nc1. The number of nitrogens with zero attached hydrogens (tertiary/aromatic N) is 5. The third-order valence-electron chi connectivity index (χ3n) is 4.12. The highest BCUT2D eigenvalue weighted by Gasteiger charge is 2.43. The monoisotopic (exact) mass is 291 g/mol. The zero-order chi connectivity index (χ0) is 15.6. The molecule has 2 heterocycles. The molecule has 1 fully saturated rings. The second-order valence-corrected chi connectivity index (χ2v) is 6.28. The van der Waals surface area contributed by atoms with Crippen LogP contribution in [-0.2, 0) is 11.3 Å². The summed E-state index contributed by atoms with van der Waals surface area (Å²) in [6, 6.07) is 0. The molecular formula is C15H25N5O. The Bertz CT molecular complexity index is 499. The molecule has 1 aromatic rings. The number of rotatable bonds is 4. The van der Waals surface area contributed by atoms with Gasteiger partial charge in [-0.15, -0.1) is 0 Å². The molecule has 0 bridgehead atoms. The molecule has 0 N–H and O–H groups in total. The number of likely N-dealkylation sites (tertiary alicyclic amines) is 1. The minimum atomic E-state index is -0.413. The normalized spacial score (nSPS) is 22.3. The number of aromatic nitrogens is 2. The predicted octanol–water partition coefficient (Wildman–Crippen LogP) is 0.985. The van der Waals surface area contributed by atoms with Crippen molar-refractivity contribution in [3.05, 3.63) is 18.0 Å². The van der Waals surface area contributed by atoms with E-state index in [9.17, 15) is 4.79 Å². The van der Waals surface area contributed by atoms with Gasteiger partial charge in [0.25, 0.3) is 0 Å². The van der Waals surface area contributed by atoms with Gasteiger partial charge in [-0.05, 0) is 26.3 Å². The molecule has 1 saturated heterocycles. The minimum Gasteiger partial charge on any atom is -0.347 e. The summed E-state index contributed by atoms with van der Waals surface area (Å²) in [4.78, 5) is 26.9. The van der Waals surface area contributed by atoms with Crippen molar-refractivity contribution in [1.29, 1.82) is 0 Å². The molecule has 6 heteroatoms. The molecule has 21 heavy (non-hydrogen) atoms. The summed E-state index contributed by atoms with van der Waals surface area (Å²) < 4.78 is 0. The van der Waals surface area contributed by atoms with Crippen molar-refractivity contribution in [2.45, 2.75) is 31.8 Å². The highest BCUT2D eigenvalue weighted by atomic mass is 16.2. The number of hydrogen-bond donors (Lipinski definition) is 0. The van der Waals surface area contributed by atoms with E-state index in [1.807, 2.05) is 52.4 Å². The molecule has 1 amide bonds. The van der Waals surface area contributed by atoms with Gasteiger partial charge in [0.2, 0.25) is 11.9 Å². The standard InChI is InChI=1S/C15H25N5O/c1-15(13(21)18(2)3)7-6-8-20(15)11-12-9-16-14(17-10-12)19(4)5/h9-10H,6-8,11H2,1-5H3. The van der Waals surface area contributed by atoms with Crippen LogP contribution in [0.2, 0.25) is 0 Å². The molecule has 1 aliphatic heterocycles. The largest absolute Gasteiger partial charge is 0.347 e. The van der Waals surface area contributed by atoms with Crippen LogP contribution >= 0.6 is 0 Å². The van der Waals surface area contributed by atoms with Crippen LogP contribution in [0.5, 0.6) is 0 Å². The Morgan fingerprint density at radius 2 is 1.90 bits per heavy atom. The molecule has 0 aromatic carbocycles. The van der Waals surface area contributed by atoms with E-state index in [0.29, 0.717) is 12.5 Å². The fourth-order valence-corrected chi connectivity index (χ4v) is 2.88. The Morgan fingerprint density at radius 3 is 2.43 bits per heavy atom. The number of carbonyl (C=O) groups is 1. The molecule has 0 radical (unpaired) electrons. The topological polar surface area (TPSA) is 52.6 Å². The smallest absolute Gasteiger partial charge is 0.242 e. The lowest BCUT2D eigenvalue weighted by atomic mass is 9.97. The van der Waals surface area contributed by atoms with E-state index in [4.69, 9.17) is 0 Å². The first kappa shape index (κ1) is 15.7. The summed E-state index contributed by atoms with van der Waals surface area (Å²) in [6.07, 6.45) is 5.65. The minimum absolute atomic E-state index is 0.172. The van der Waals surface area contributed by atoms with Crippen molar-refractivity contribution in [1.82, 2.24) is 19.8 Å². The molecule has 1 unspecified atom stereocenters. The summed E-state index contributed by atoms with van der Waals surface area (Å²) in [5.74, 6) is 0.873. The fraction of sp³-hybridized carbons (Fsp3) is 0.667. The maximum absolute atomic E-state index is 12.5. The number of likely N-dealkylation sites (N-methyl/N-ethyl adjacent to an activating group) is 1. The van der Waals surface area contributed by atoms with Gasteiger partial charge in [0.15, 0.2) is 0 Å². The van der Waals surface area contributed by atoms with E-state index in [0.717, 1.165) is 24.9 Å². The summed E-state index contributed by atoms with van der Waals surface area (Å²) in [5.41, 5.74) is 0.629. The van der Waals surface area contributed by atoms with Crippen molar-refractivity contribution in [2.75, 3.05) is 39.6 Å². The number of carbonyl (C=O) groups excluding carboxylic acids is 1. The summed E-state index contributed by atoms with van der Waals surface area (Å²) in [7, 11) is 7.47. The Hall–Kier alpha value is -1.69. The van der Waals surface area contributed by atoms with E-state index in [-0.39, 0.29) is 5.91 Å². The zero-order valence-electron chi connectivity index (χ0n) is 13.6. The van der Waals surface area contributed by atoms with Crippen molar-refractivity contribution >= 4 is 11.9 Å². The van der Waals surface area contributed by atoms with Gasteiger partial charge in [0, 0.05) is 52.7 Å². The lowest BCUT2D eigenvalue weighted by molar-refractivity contribution is -0.139. The molecule has 1 atom stereocenters. The summed E-state index contributed by atoms with van der Waals surface area (Å²) in [5, 5.41) is 0. The first-order valence-electron chi connectivity index (χ1n) is 7.29. The quantitative estimate of drug-likeness (QED) is 0.828. The Kier molecular flexibility index (Phi) is 4.46. The lowest BCUT2D eigenvalue weighted by Gasteiger charge is -2.35. The average Bonchev–Trinajstić information content (AvgIpc) is 2.81. The first-order valence-corrected chi connectivity index (χ1v) is 7.29. The van der Waals surface area contributed by atoms with E-state index in [1.54, 1.807) is 4.90 Å². The number of amides is 1. The molecular weight excluding hydrogens is 266 g/mol. The molecule has 116 valence electrons. The van der Waals surface area contributed by atoms with Crippen LogP contribution in [0.4, 0.5) is 5.95 Å². The number of anilines is 1. The molecule has 1 aromatic heterocycles. The maximum Gasteiger partial charge on any atom is 0.242 e. The van der Waals surface area contributed by atoms with Gasteiger partial charge >= 0.3 is 0 Å². The van der Waals surface area contributed by atoms with Crippen LogP contribution in [0.1, 0.15) is 25.3 Å². The van der Waals surface area contributed by atoms with Crippen LogP contribution in [0.25, 0.3) is 0 Å². The second kappa shape index (κ2) is 5.97. The van der Waals surface area contributed by atoms with Crippen LogP contribution in [0, 0.1) is 0 Å². The second-order valence-electron chi connectivity index (χ2n) is 6.28. The molecule has 2 rings (SSSR count). The van der Waals surface area contributed by atoms with Gasteiger partial charge in [-0.3, -0.25) is 9.69 Å². The molecule has 0 aliphatic carbocycles. The Balaban J connectivity index is 2.12. The summed E-state index contributed by atoms with van der Waals surface area (Å²) >= 11 is 0. The van der Waals surface area contributed by atoms with Crippen molar-refractivity contribution in [3.8, 4) is 0 Å². The molecule has 1 aliphatic rings. The molecule has 6 nitrogen and oxygen atoms in total. The van der Waals surface area contributed by atoms with E-state index in [1.165, 1.54) is 0 Å². The van der Waals surface area contributed by atoms with Crippen molar-refractivity contribution in [2.24, 2.45) is 0 Å². The summed E-state index contributed by atoms with van der Waals surface area (Å²) in [6.45, 7) is 3.69. The maximum atomic E-state index is 12.5. The predicted molar refractivity (Wildman–Crippen MR) is 83.1 cm³/mol. The highest BCUT2D eigenvalue weighted by molar-refractivity contribution is 5.85. The van der Waals surface area contributed by atoms with Gasteiger partial charge < -0.3 is 9.80 Å². The van der Waals surface area contributed by atoms with Crippen LogP contribution in [0.3, 0.4) is 0 Å². The van der Waals surface area contributed by atoms with Gasteiger partial charge in [-0.25, -0.2) is 9.97 Å². The number of hydrogen-bond acceptors (Lipinski definition) is 5. The van der Waals surface area contributed by atoms with Crippen molar-refractivity contribution in [3.63, 3.8) is 0 Å². The van der Waals surface area contributed by atoms with Crippen LogP contribution in [-0.4, -0.2) is 65.9 Å². The van der Waals surface area contributed by atoms with Gasteiger partial charge in [0.05, 0.1) is 5.54 Å². The van der Waals surface area contributed by atoms with E-state index in [2.05, 4.69) is 14.9 Å². The fourth-order valence-electron chi connectivity index (χ4n) is 2.88. The first-order chi connectivity index (χ1) is 9.84. The Morgan fingerprint density at radius 1 is 1.29 bits per heavy atom. The van der Waals surface area contributed by atoms with Crippen LogP contribution in [0.15, 0.2) is 12.4 Å². The third kappa shape index (κ3) is 3.15. The third-order valence-corrected chi connectivity index (χ3v) is 4.12. The van der Waals surface area contributed by atoms with Gasteiger partial charge in [0.1, 0.15) is 0 Å². The Labute approximate surface area is 126 Å². The van der Waals surface area contributed by atoms with Crippen LogP contribution < -0.4 is 4.90 Å². The average molecular weight is 291 g/mol. The molecule has 0 saturated carbocycles. The molecule has 0 spiro atoms. The van der Waals surface area contributed by atoms with Crippen molar-refractivity contribution < 1.29 is 4.79 Å². The zero-order valence-corrected chi connectivity index (χ0v) is 13.6. The van der Waals surface area contributed by atoms with E-state index < -0.39 is 5.54 Å². The lowest BCUT2D eigenvalue weighted by Crippen LogP contribution is -2.52. The van der Waals surface area contributed by atoms with Gasteiger partial charge in [-0.1, -0.05) is 0 Å². The highest BCUT2D eigenvalue weighted by Crippen LogP contribution is 2.31. The van der Waals surface area contributed by atoms with Gasteiger partial charge in [-0.2, -0.15) is 0 Å².